The Morgan fingerprint density at radius 2 is 1.78 bits per heavy atom. The molecule has 0 spiro atoms. The Labute approximate surface area is 125 Å². The maximum absolute atomic E-state index is 13.1. The fourth-order valence-corrected chi connectivity index (χ4v) is 2.56. The second-order valence-corrected chi connectivity index (χ2v) is 5.84. The van der Waals surface area contributed by atoms with Crippen LogP contribution in [0.2, 0.25) is 0 Å². The molecule has 1 N–H and O–H groups in total. The summed E-state index contributed by atoms with van der Waals surface area (Å²) < 4.78 is 27.7. The van der Waals surface area contributed by atoms with E-state index in [9.17, 15) is 13.9 Å². The van der Waals surface area contributed by atoms with Crippen LogP contribution in [0, 0.1) is 15.2 Å². The minimum Gasteiger partial charge on any atom is -0.384 e. The van der Waals surface area contributed by atoms with Crippen LogP contribution < -0.4 is 0 Å². The number of hydrogen-bond acceptors (Lipinski definition) is 1. The molecule has 0 aromatic heterocycles. The van der Waals surface area contributed by atoms with Crippen molar-refractivity contribution in [1.82, 2.24) is 0 Å². The molecule has 1 unspecified atom stereocenters. The summed E-state index contributed by atoms with van der Waals surface area (Å²) in [6, 6.07) is 8.86. The molecule has 1 nitrogen and oxygen atoms in total. The summed E-state index contributed by atoms with van der Waals surface area (Å²) in [6.07, 6.45) is -0.996. The highest BCUT2D eigenvalue weighted by Gasteiger charge is 2.16. The van der Waals surface area contributed by atoms with Crippen molar-refractivity contribution in [3.05, 3.63) is 67.2 Å². The standard InChI is InChI=1S/C13H8BrF2IO/c14-10-3-2-8(17)6-9(10)13(18)7-1-4-11(15)12(16)5-7/h1-6,13,18H. The highest BCUT2D eigenvalue weighted by Crippen LogP contribution is 2.30. The van der Waals surface area contributed by atoms with Gasteiger partial charge in [0.2, 0.25) is 0 Å². The van der Waals surface area contributed by atoms with Gasteiger partial charge in [-0.25, -0.2) is 8.78 Å². The van der Waals surface area contributed by atoms with E-state index >= 15 is 0 Å². The first-order valence-corrected chi connectivity index (χ1v) is 6.94. The van der Waals surface area contributed by atoms with Gasteiger partial charge in [0, 0.05) is 13.6 Å². The van der Waals surface area contributed by atoms with E-state index in [0.717, 1.165) is 20.2 Å². The SMILES string of the molecule is OC(c1ccc(F)c(F)c1)c1cc(I)ccc1Br. The van der Waals surface area contributed by atoms with Crippen LogP contribution >= 0.6 is 38.5 Å². The minimum atomic E-state index is -0.996. The van der Waals surface area contributed by atoms with Crippen LogP contribution in [-0.4, -0.2) is 5.11 Å². The van der Waals surface area contributed by atoms with Gasteiger partial charge in [-0.3, -0.25) is 0 Å². The number of benzene rings is 2. The van der Waals surface area contributed by atoms with E-state index in [4.69, 9.17) is 0 Å². The third-order valence-electron chi connectivity index (χ3n) is 2.51. The Balaban J connectivity index is 2.44. The van der Waals surface area contributed by atoms with Crippen molar-refractivity contribution in [1.29, 1.82) is 0 Å². The fraction of sp³-hybridized carbons (Fsp3) is 0.0769. The Kier molecular flexibility index (Phi) is 4.34. The lowest BCUT2D eigenvalue weighted by Gasteiger charge is -2.14. The minimum absolute atomic E-state index is 0.316. The molecule has 0 aliphatic heterocycles. The van der Waals surface area contributed by atoms with E-state index in [1.807, 2.05) is 6.07 Å². The number of rotatable bonds is 2. The van der Waals surface area contributed by atoms with Gasteiger partial charge in [-0.1, -0.05) is 22.0 Å². The monoisotopic (exact) mass is 424 g/mol. The molecule has 2 rings (SSSR count). The van der Waals surface area contributed by atoms with Gasteiger partial charge in [-0.2, -0.15) is 0 Å². The van der Waals surface area contributed by atoms with E-state index < -0.39 is 17.7 Å². The van der Waals surface area contributed by atoms with Crippen LogP contribution in [0.15, 0.2) is 40.9 Å². The maximum atomic E-state index is 13.1. The second-order valence-electron chi connectivity index (χ2n) is 3.74. The highest BCUT2D eigenvalue weighted by atomic mass is 127. The lowest BCUT2D eigenvalue weighted by atomic mass is 10.0. The zero-order chi connectivity index (χ0) is 13.3. The molecular weight excluding hydrogens is 417 g/mol. The lowest BCUT2D eigenvalue weighted by Crippen LogP contribution is -2.02. The molecule has 2 aromatic rings. The summed E-state index contributed by atoms with van der Waals surface area (Å²) in [4.78, 5) is 0. The van der Waals surface area contributed by atoms with Gasteiger partial charge in [0.25, 0.3) is 0 Å². The van der Waals surface area contributed by atoms with Gasteiger partial charge in [-0.15, -0.1) is 0 Å². The largest absolute Gasteiger partial charge is 0.384 e. The average molecular weight is 425 g/mol. The van der Waals surface area contributed by atoms with Crippen LogP contribution in [0.1, 0.15) is 17.2 Å². The Morgan fingerprint density at radius 1 is 1.06 bits per heavy atom. The van der Waals surface area contributed by atoms with Crippen molar-refractivity contribution in [3.63, 3.8) is 0 Å². The first kappa shape index (κ1) is 13.9. The molecule has 0 amide bonds. The van der Waals surface area contributed by atoms with Gasteiger partial charge in [0.15, 0.2) is 11.6 Å². The summed E-state index contributed by atoms with van der Waals surface area (Å²) in [5.41, 5.74) is 0.935. The van der Waals surface area contributed by atoms with Crippen LogP contribution in [0.5, 0.6) is 0 Å². The van der Waals surface area contributed by atoms with E-state index in [-0.39, 0.29) is 0 Å². The molecule has 0 bridgehead atoms. The molecule has 0 aliphatic rings. The predicted molar refractivity (Wildman–Crippen MR) is 77.3 cm³/mol. The van der Waals surface area contributed by atoms with E-state index in [2.05, 4.69) is 38.5 Å². The molecule has 0 radical (unpaired) electrons. The summed E-state index contributed by atoms with van der Waals surface area (Å²) in [5, 5.41) is 10.2. The van der Waals surface area contributed by atoms with E-state index in [0.29, 0.717) is 11.1 Å². The average Bonchev–Trinajstić information content (AvgIpc) is 2.35. The van der Waals surface area contributed by atoms with Crippen LogP contribution in [-0.2, 0) is 0 Å². The Bertz CT molecular complexity index is 589. The topological polar surface area (TPSA) is 20.2 Å². The Hall–Kier alpha value is -0.530. The van der Waals surface area contributed by atoms with Crippen molar-refractivity contribution < 1.29 is 13.9 Å². The molecule has 5 heteroatoms. The molecule has 0 saturated heterocycles. The summed E-state index contributed by atoms with van der Waals surface area (Å²) in [5.74, 6) is -1.89. The second kappa shape index (κ2) is 5.63. The van der Waals surface area contributed by atoms with Crippen molar-refractivity contribution in [2.45, 2.75) is 6.10 Å². The van der Waals surface area contributed by atoms with E-state index in [1.54, 1.807) is 12.1 Å². The van der Waals surface area contributed by atoms with Gasteiger partial charge >= 0.3 is 0 Å². The summed E-state index contributed by atoms with van der Waals surface area (Å²) in [7, 11) is 0. The molecule has 0 saturated carbocycles. The molecule has 94 valence electrons. The Morgan fingerprint density at radius 3 is 2.44 bits per heavy atom. The fourth-order valence-electron chi connectivity index (χ4n) is 1.59. The van der Waals surface area contributed by atoms with Crippen LogP contribution in [0.4, 0.5) is 8.78 Å². The van der Waals surface area contributed by atoms with Crippen molar-refractivity contribution in [2.24, 2.45) is 0 Å². The molecule has 0 fully saturated rings. The van der Waals surface area contributed by atoms with Crippen LogP contribution in [0.25, 0.3) is 0 Å². The highest BCUT2D eigenvalue weighted by molar-refractivity contribution is 14.1. The first-order valence-electron chi connectivity index (χ1n) is 5.07. The quantitative estimate of drug-likeness (QED) is 0.708. The van der Waals surface area contributed by atoms with Crippen LogP contribution in [0.3, 0.4) is 0 Å². The van der Waals surface area contributed by atoms with Gasteiger partial charge in [0.1, 0.15) is 6.10 Å². The van der Waals surface area contributed by atoms with Crippen molar-refractivity contribution >= 4 is 38.5 Å². The molecule has 18 heavy (non-hydrogen) atoms. The summed E-state index contributed by atoms with van der Waals surface area (Å²) in [6.45, 7) is 0. The third kappa shape index (κ3) is 2.89. The molecule has 2 aromatic carbocycles. The van der Waals surface area contributed by atoms with Crippen molar-refractivity contribution in [3.8, 4) is 0 Å². The molecule has 1 atom stereocenters. The zero-order valence-corrected chi connectivity index (χ0v) is 12.7. The first-order chi connectivity index (χ1) is 8.49. The normalized spacial score (nSPS) is 12.5. The number of halogens is 4. The number of hydrogen-bond donors (Lipinski definition) is 1. The summed E-state index contributed by atoms with van der Waals surface area (Å²) >= 11 is 5.45. The molecule has 0 heterocycles. The van der Waals surface area contributed by atoms with Gasteiger partial charge in [0.05, 0.1) is 0 Å². The number of aliphatic hydroxyl groups is 1. The molecule has 0 aliphatic carbocycles. The zero-order valence-electron chi connectivity index (χ0n) is 9.00. The predicted octanol–water partition coefficient (Wildman–Crippen LogP) is 4.41. The van der Waals surface area contributed by atoms with Gasteiger partial charge in [-0.05, 0) is 58.5 Å². The lowest BCUT2D eigenvalue weighted by molar-refractivity contribution is 0.218. The number of aliphatic hydroxyl groups excluding tert-OH is 1. The van der Waals surface area contributed by atoms with E-state index in [1.165, 1.54) is 6.07 Å². The van der Waals surface area contributed by atoms with Crippen molar-refractivity contribution in [2.75, 3.05) is 0 Å². The smallest absolute Gasteiger partial charge is 0.159 e. The maximum Gasteiger partial charge on any atom is 0.159 e. The molecular formula is C13H8BrF2IO. The third-order valence-corrected chi connectivity index (χ3v) is 3.91. The van der Waals surface area contributed by atoms with Gasteiger partial charge < -0.3 is 5.11 Å².